The molecule has 28 heavy (non-hydrogen) atoms. The van der Waals surface area contributed by atoms with E-state index in [0.717, 1.165) is 12.5 Å². The number of rotatable bonds is 14. The van der Waals surface area contributed by atoms with Crippen LogP contribution in [0.4, 0.5) is 0 Å². The van der Waals surface area contributed by atoms with Gasteiger partial charge in [-0.3, -0.25) is 0 Å². The van der Waals surface area contributed by atoms with Gasteiger partial charge in [-0.15, -0.1) is 19.7 Å². The van der Waals surface area contributed by atoms with Gasteiger partial charge >= 0.3 is 14.8 Å². The minimum absolute atomic E-state index is 0.514. The molecule has 0 aliphatic rings. The second-order valence-corrected chi connectivity index (χ2v) is 23.4. The summed E-state index contributed by atoms with van der Waals surface area (Å²) in [5, 5.41) is 0. The second-order valence-electron chi connectivity index (χ2n) is 8.25. The van der Waals surface area contributed by atoms with Gasteiger partial charge < -0.3 is 17.1 Å². The largest absolute Gasteiger partial charge is 0.513 e. The summed E-state index contributed by atoms with van der Waals surface area (Å²) in [4.78, 5) is 12.1. The fraction of sp³-hybridized carbons (Fsp3) is 0.526. The molecule has 0 aromatic rings. The minimum Gasteiger partial charge on any atom is -0.455 e. The van der Waals surface area contributed by atoms with E-state index in [4.69, 9.17) is 17.1 Å². The highest BCUT2D eigenvalue weighted by Crippen LogP contribution is 2.32. The van der Waals surface area contributed by atoms with Gasteiger partial charge in [0.2, 0.25) is 25.0 Å². The summed E-state index contributed by atoms with van der Waals surface area (Å²) in [7, 11) is -10.6. The maximum atomic E-state index is 12.1. The van der Waals surface area contributed by atoms with E-state index in [1.165, 1.54) is 0 Å². The van der Waals surface area contributed by atoms with E-state index in [2.05, 4.69) is 26.3 Å². The van der Waals surface area contributed by atoms with Gasteiger partial charge in [-0.05, 0) is 45.7 Å². The molecule has 0 N–H and O–H groups in total. The molecule has 0 aliphatic carbocycles. The van der Waals surface area contributed by atoms with E-state index >= 15 is 0 Å². The van der Waals surface area contributed by atoms with Gasteiger partial charge in [-0.25, -0.2) is 4.79 Å². The quantitative estimate of drug-likeness (QED) is 0.203. The zero-order chi connectivity index (χ0) is 22.2. The molecular formula is C19H38O5Si4. The fourth-order valence-electron chi connectivity index (χ4n) is 2.24. The molecule has 0 fully saturated rings. The van der Waals surface area contributed by atoms with Crippen LogP contribution in [0, 0.1) is 0 Å². The lowest BCUT2D eigenvalue weighted by molar-refractivity contribution is -0.142. The van der Waals surface area contributed by atoms with Crippen molar-refractivity contribution in [3.63, 3.8) is 0 Å². The Kier molecular flexibility index (Phi) is 10.5. The lowest BCUT2D eigenvalue weighted by Crippen LogP contribution is -2.68. The Bertz CT molecular complexity index is 532. The summed E-state index contributed by atoms with van der Waals surface area (Å²) in [5.74, 6) is -0.514. The number of ether oxygens (including phenoxy) is 1. The topological polar surface area (TPSA) is 54.0 Å². The summed E-state index contributed by atoms with van der Waals surface area (Å²) < 4.78 is 25.8. The Balaban J connectivity index is 6.63. The van der Waals surface area contributed by atoms with Crippen molar-refractivity contribution >= 4 is 39.7 Å². The maximum absolute atomic E-state index is 12.1. The molecule has 160 valence electrons. The number of hydrogen-bond acceptors (Lipinski definition) is 5. The van der Waals surface area contributed by atoms with E-state index < -0.39 is 45.5 Å². The molecular weight excluding hydrogens is 421 g/mol. The zero-order valence-electron chi connectivity index (χ0n) is 18.7. The smallest absolute Gasteiger partial charge is 0.455 e. The first kappa shape index (κ1) is 27.2. The predicted molar refractivity (Wildman–Crippen MR) is 127 cm³/mol. The van der Waals surface area contributed by atoms with Crippen LogP contribution in [0.1, 0.15) is 19.8 Å². The van der Waals surface area contributed by atoms with Crippen molar-refractivity contribution in [2.75, 3.05) is 0 Å². The van der Waals surface area contributed by atoms with Gasteiger partial charge in [0, 0.05) is 6.08 Å². The molecule has 0 saturated carbocycles. The third-order valence-electron chi connectivity index (χ3n) is 4.06. The van der Waals surface area contributed by atoms with Crippen LogP contribution in [-0.4, -0.2) is 45.5 Å². The normalized spacial score (nSPS) is 14.1. The average molecular weight is 459 g/mol. The summed E-state index contributed by atoms with van der Waals surface area (Å²) in [6.45, 7) is 29.5. The fourth-order valence-corrected chi connectivity index (χ4v) is 16.1. The molecule has 1 atom stereocenters. The van der Waals surface area contributed by atoms with Gasteiger partial charge in [0.05, 0.1) is 0 Å². The van der Waals surface area contributed by atoms with Crippen molar-refractivity contribution in [2.24, 2.45) is 0 Å². The van der Waals surface area contributed by atoms with Gasteiger partial charge in [-0.1, -0.05) is 37.0 Å². The molecule has 9 heteroatoms. The van der Waals surface area contributed by atoms with Crippen molar-refractivity contribution in [1.82, 2.24) is 0 Å². The highest BCUT2D eigenvalue weighted by molar-refractivity contribution is 6.94. The van der Waals surface area contributed by atoms with Crippen molar-refractivity contribution < 1.29 is 21.9 Å². The van der Waals surface area contributed by atoms with E-state index in [0.29, 0.717) is 6.42 Å². The number of esters is 1. The third kappa shape index (κ3) is 8.68. The van der Waals surface area contributed by atoms with Crippen molar-refractivity contribution in [3.05, 3.63) is 49.5 Å². The SMILES string of the molecule is C=CC(=O)OC(CCC)[Si](O[Si](C)(C)C=C)(O[Si](C)(C)C=C)O[Si](C)(C)C=C. The number of carbonyl (C=O) groups is 1. The Labute approximate surface area is 175 Å². The van der Waals surface area contributed by atoms with Crippen molar-refractivity contribution in [3.8, 4) is 0 Å². The van der Waals surface area contributed by atoms with E-state index in [9.17, 15) is 4.79 Å². The highest BCUT2D eigenvalue weighted by atomic mass is 28.5. The zero-order valence-corrected chi connectivity index (χ0v) is 22.7. The van der Waals surface area contributed by atoms with E-state index in [1.807, 2.05) is 63.3 Å². The molecule has 0 radical (unpaired) electrons. The third-order valence-corrected chi connectivity index (χ3v) is 17.9. The van der Waals surface area contributed by atoms with E-state index in [1.54, 1.807) is 0 Å². The first-order valence-corrected chi connectivity index (χ1v) is 20.3. The van der Waals surface area contributed by atoms with Crippen LogP contribution in [-0.2, 0) is 21.9 Å². The molecule has 0 aliphatic heterocycles. The lowest BCUT2D eigenvalue weighted by Gasteiger charge is -2.45. The van der Waals surface area contributed by atoms with Gasteiger partial charge in [0.25, 0.3) is 0 Å². The van der Waals surface area contributed by atoms with Gasteiger partial charge in [-0.2, -0.15) is 0 Å². The standard InChI is InChI=1S/C19H38O5Si4/c1-12-17-19(21-18(20)13-2)28(22-25(6,7)14-3,23-26(8,9)15-4)24-27(10,11)16-5/h13-16,19H,2-5,12,17H2,1,6-11H3. The maximum Gasteiger partial charge on any atom is 0.513 e. The first-order valence-electron chi connectivity index (χ1n) is 9.56. The summed E-state index contributed by atoms with van der Waals surface area (Å²) >= 11 is 0. The molecule has 0 aromatic carbocycles. The monoisotopic (exact) mass is 458 g/mol. The molecule has 0 spiro atoms. The Hall–Kier alpha value is -0.822. The molecule has 0 rings (SSSR count). The molecule has 0 amide bonds. The molecule has 0 aromatic heterocycles. The summed E-state index contributed by atoms with van der Waals surface area (Å²) in [5.41, 5.74) is 4.88. The molecule has 0 saturated heterocycles. The molecule has 5 nitrogen and oxygen atoms in total. The lowest BCUT2D eigenvalue weighted by atomic mass is 10.3. The van der Waals surface area contributed by atoms with Gasteiger partial charge in [0.15, 0.2) is 5.73 Å². The van der Waals surface area contributed by atoms with Crippen molar-refractivity contribution in [2.45, 2.75) is 64.8 Å². The molecule has 1 unspecified atom stereocenters. The Morgan fingerprint density at radius 2 is 1.18 bits per heavy atom. The Morgan fingerprint density at radius 3 is 1.43 bits per heavy atom. The minimum atomic E-state index is -3.51. The summed E-state index contributed by atoms with van der Waals surface area (Å²) in [6.07, 6.45) is 2.50. The van der Waals surface area contributed by atoms with Crippen LogP contribution in [0.15, 0.2) is 49.5 Å². The van der Waals surface area contributed by atoms with Crippen LogP contribution >= 0.6 is 0 Å². The number of carbonyl (C=O) groups excluding carboxylic acids is 1. The average Bonchev–Trinajstić information content (AvgIpc) is 2.60. The highest BCUT2D eigenvalue weighted by Gasteiger charge is 2.58. The van der Waals surface area contributed by atoms with Gasteiger partial charge in [0.1, 0.15) is 0 Å². The van der Waals surface area contributed by atoms with Crippen LogP contribution in [0.2, 0.25) is 39.3 Å². The molecule has 0 bridgehead atoms. The van der Waals surface area contributed by atoms with Crippen molar-refractivity contribution in [1.29, 1.82) is 0 Å². The van der Waals surface area contributed by atoms with Crippen LogP contribution in [0.5, 0.6) is 0 Å². The summed E-state index contributed by atoms with van der Waals surface area (Å²) in [6, 6.07) is 0. The Morgan fingerprint density at radius 1 is 0.821 bits per heavy atom. The van der Waals surface area contributed by atoms with Crippen LogP contribution in [0.3, 0.4) is 0 Å². The number of hydrogen-bond donors (Lipinski definition) is 0. The van der Waals surface area contributed by atoms with Crippen LogP contribution < -0.4 is 0 Å². The molecule has 0 heterocycles. The second kappa shape index (κ2) is 10.8. The van der Waals surface area contributed by atoms with Crippen LogP contribution in [0.25, 0.3) is 0 Å². The predicted octanol–water partition coefficient (Wildman–Crippen LogP) is 5.20. The van der Waals surface area contributed by atoms with E-state index in [-0.39, 0.29) is 0 Å². The first-order chi connectivity index (χ1) is 12.7.